The van der Waals surface area contributed by atoms with Gasteiger partial charge in [-0.1, -0.05) is 12.1 Å². The standard InChI is InChI=1S/C17H19NO3/c1-3-21-15-9-7-14(8-10-15)17(19)18-12-13-5-4-6-16(11-13)20-2/h4-11H,3,12H2,1-2H3,(H,18,19). The molecule has 4 nitrogen and oxygen atoms in total. The molecule has 0 aliphatic heterocycles. The fourth-order valence-electron chi connectivity index (χ4n) is 1.94. The Labute approximate surface area is 124 Å². The minimum atomic E-state index is -0.110. The van der Waals surface area contributed by atoms with Crippen molar-refractivity contribution in [2.75, 3.05) is 13.7 Å². The van der Waals surface area contributed by atoms with Crippen molar-refractivity contribution in [3.05, 3.63) is 59.7 Å². The van der Waals surface area contributed by atoms with Gasteiger partial charge in [0.1, 0.15) is 11.5 Å². The van der Waals surface area contributed by atoms with Crippen molar-refractivity contribution < 1.29 is 14.3 Å². The van der Waals surface area contributed by atoms with Crippen LogP contribution in [-0.2, 0) is 6.54 Å². The highest BCUT2D eigenvalue weighted by Gasteiger charge is 2.05. The van der Waals surface area contributed by atoms with E-state index in [1.165, 1.54) is 0 Å². The zero-order chi connectivity index (χ0) is 15.1. The van der Waals surface area contributed by atoms with Gasteiger partial charge in [0.25, 0.3) is 5.91 Å². The summed E-state index contributed by atoms with van der Waals surface area (Å²) < 4.78 is 10.5. The summed E-state index contributed by atoms with van der Waals surface area (Å²) >= 11 is 0. The molecule has 2 rings (SSSR count). The first-order chi connectivity index (χ1) is 10.2. The molecule has 1 N–H and O–H groups in total. The molecule has 0 saturated heterocycles. The Morgan fingerprint density at radius 2 is 1.86 bits per heavy atom. The third kappa shape index (κ3) is 4.24. The lowest BCUT2D eigenvalue weighted by Crippen LogP contribution is -2.22. The van der Waals surface area contributed by atoms with Crippen molar-refractivity contribution in [2.45, 2.75) is 13.5 Å². The van der Waals surface area contributed by atoms with Crippen LogP contribution >= 0.6 is 0 Å². The van der Waals surface area contributed by atoms with E-state index >= 15 is 0 Å². The highest BCUT2D eigenvalue weighted by Crippen LogP contribution is 2.14. The zero-order valence-electron chi connectivity index (χ0n) is 12.3. The maximum absolute atomic E-state index is 12.1. The monoisotopic (exact) mass is 285 g/mol. The summed E-state index contributed by atoms with van der Waals surface area (Å²) in [5.74, 6) is 1.44. The molecule has 2 aromatic rings. The fraction of sp³-hybridized carbons (Fsp3) is 0.235. The Balaban J connectivity index is 1.94. The van der Waals surface area contributed by atoms with Gasteiger partial charge in [-0.2, -0.15) is 0 Å². The minimum absolute atomic E-state index is 0.110. The van der Waals surface area contributed by atoms with E-state index in [9.17, 15) is 4.79 Å². The second-order valence-corrected chi connectivity index (χ2v) is 4.49. The van der Waals surface area contributed by atoms with E-state index in [2.05, 4.69) is 5.32 Å². The van der Waals surface area contributed by atoms with Crippen LogP contribution in [-0.4, -0.2) is 19.6 Å². The number of ether oxygens (including phenoxy) is 2. The van der Waals surface area contributed by atoms with Crippen LogP contribution < -0.4 is 14.8 Å². The molecule has 0 spiro atoms. The van der Waals surface area contributed by atoms with Crippen LogP contribution in [0, 0.1) is 0 Å². The number of hydrogen-bond donors (Lipinski definition) is 1. The summed E-state index contributed by atoms with van der Waals surface area (Å²) in [6.07, 6.45) is 0. The second kappa shape index (κ2) is 7.33. The SMILES string of the molecule is CCOc1ccc(C(=O)NCc2cccc(OC)c2)cc1. The molecule has 21 heavy (non-hydrogen) atoms. The van der Waals surface area contributed by atoms with Crippen LogP contribution in [0.1, 0.15) is 22.8 Å². The van der Waals surface area contributed by atoms with E-state index < -0.39 is 0 Å². The Kier molecular flexibility index (Phi) is 5.21. The highest BCUT2D eigenvalue weighted by molar-refractivity contribution is 5.94. The number of carbonyl (C=O) groups excluding carboxylic acids is 1. The molecule has 1 amide bonds. The molecule has 0 atom stereocenters. The lowest BCUT2D eigenvalue weighted by Gasteiger charge is -2.08. The van der Waals surface area contributed by atoms with E-state index in [0.717, 1.165) is 17.1 Å². The normalized spacial score (nSPS) is 10.0. The predicted molar refractivity (Wildman–Crippen MR) is 81.8 cm³/mol. The Morgan fingerprint density at radius 1 is 1.10 bits per heavy atom. The summed E-state index contributed by atoms with van der Waals surface area (Å²) in [4.78, 5) is 12.1. The summed E-state index contributed by atoms with van der Waals surface area (Å²) in [5.41, 5.74) is 1.61. The first-order valence-electron chi connectivity index (χ1n) is 6.87. The largest absolute Gasteiger partial charge is 0.497 e. The molecule has 0 bridgehead atoms. The van der Waals surface area contributed by atoms with Crippen molar-refractivity contribution in [1.29, 1.82) is 0 Å². The Morgan fingerprint density at radius 3 is 2.52 bits per heavy atom. The van der Waals surface area contributed by atoms with E-state index in [-0.39, 0.29) is 5.91 Å². The van der Waals surface area contributed by atoms with Crippen molar-refractivity contribution in [3.8, 4) is 11.5 Å². The molecule has 2 aromatic carbocycles. The lowest BCUT2D eigenvalue weighted by atomic mass is 10.2. The lowest BCUT2D eigenvalue weighted by molar-refractivity contribution is 0.0951. The molecule has 0 aliphatic rings. The molecule has 0 radical (unpaired) electrons. The van der Waals surface area contributed by atoms with Gasteiger partial charge in [-0.25, -0.2) is 0 Å². The third-order valence-corrected chi connectivity index (χ3v) is 3.01. The van der Waals surface area contributed by atoms with Crippen LogP contribution in [0.2, 0.25) is 0 Å². The number of benzene rings is 2. The molecule has 0 aliphatic carbocycles. The number of methoxy groups -OCH3 is 1. The predicted octanol–water partition coefficient (Wildman–Crippen LogP) is 3.02. The zero-order valence-corrected chi connectivity index (χ0v) is 12.3. The summed E-state index contributed by atoms with van der Waals surface area (Å²) in [6.45, 7) is 3.00. The van der Waals surface area contributed by atoms with Crippen LogP contribution in [0.4, 0.5) is 0 Å². The highest BCUT2D eigenvalue weighted by atomic mass is 16.5. The maximum atomic E-state index is 12.1. The van der Waals surface area contributed by atoms with Gasteiger partial charge in [-0.05, 0) is 48.9 Å². The van der Waals surface area contributed by atoms with Crippen molar-refractivity contribution >= 4 is 5.91 Å². The topological polar surface area (TPSA) is 47.6 Å². The Bertz CT molecular complexity index is 593. The van der Waals surface area contributed by atoms with Gasteiger partial charge < -0.3 is 14.8 Å². The van der Waals surface area contributed by atoms with Gasteiger partial charge >= 0.3 is 0 Å². The van der Waals surface area contributed by atoms with Gasteiger partial charge in [-0.3, -0.25) is 4.79 Å². The average Bonchev–Trinajstić information content (AvgIpc) is 2.54. The average molecular weight is 285 g/mol. The first kappa shape index (κ1) is 14.9. The molecule has 0 aromatic heterocycles. The number of carbonyl (C=O) groups is 1. The number of rotatable bonds is 6. The van der Waals surface area contributed by atoms with E-state index in [1.807, 2.05) is 31.2 Å². The van der Waals surface area contributed by atoms with E-state index in [4.69, 9.17) is 9.47 Å². The summed E-state index contributed by atoms with van der Waals surface area (Å²) in [6, 6.07) is 14.7. The molecular weight excluding hydrogens is 266 g/mol. The van der Waals surface area contributed by atoms with Crippen molar-refractivity contribution in [3.63, 3.8) is 0 Å². The molecular formula is C17H19NO3. The van der Waals surface area contributed by atoms with Gasteiger partial charge in [0.15, 0.2) is 0 Å². The molecule has 0 heterocycles. The van der Waals surface area contributed by atoms with Crippen LogP contribution in [0.3, 0.4) is 0 Å². The van der Waals surface area contributed by atoms with Crippen molar-refractivity contribution in [1.82, 2.24) is 5.32 Å². The molecule has 110 valence electrons. The second-order valence-electron chi connectivity index (χ2n) is 4.49. The van der Waals surface area contributed by atoms with Gasteiger partial charge in [0, 0.05) is 12.1 Å². The fourth-order valence-corrected chi connectivity index (χ4v) is 1.94. The summed E-state index contributed by atoms with van der Waals surface area (Å²) in [7, 11) is 1.62. The smallest absolute Gasteiger partial charge is 0.251 e. The van der Waals surface area contributed by atoms with E-state index in [0.29, 0.717) is 18.7 Å². The first-order valence-corrected chi connectivity index (χ1v) is 6.87. The van der Waals surface area contributed by atoms with E-state index in [1.54, 1.807) is 31.4 Å². The maximum Gasteiger partial charge on any atom is 0.251 e. The molecule has 0 saturated carbocycles. The quantitative estimate of drug-likeness (QED) is 0.887. The Hall–Kier alpha value is -2.49. The van der Waals surface area contributed by atoms with Crippen LogP contribution in [0.5, 0.6) is 11.5 Å². The third-order valence-electron chi connectivity index (χ3n) is 3.01. The number of nitrogens with one attached hydrogen (secondary N) is 1. The number of hydrogen-bond acceptors (Lipinski definition) is 3. The van der Waals surface area contributed by atoms with Gasteiger partial charge in [0.2, 0.25) is 0 Å². The van der Waals surface area contributed by atoms with Gasteiger partial charge in [-0.15, -0.1) is 0 Å². The molecule has 0 unspecified atom stereocenters. The minimum Gasteiger partial charge on any atom is -0.497 e. The molecule has 4 heteroatoms. The summed E-state index contributed by atoms with van der Waals surface area (Å²) in [5, 5.41) is 2.88. The van der Waals surface area contributed by atoms with Crippen molar-refractivity contribution in [2.24, 2.45) is 0 Å². The molecule has 0 fully saturated rings. The van der Waals surface area contributed by atoms with Crippen LogP contribution in [0.15, 0.2) is 48.5 Å². The number of amides is 1. The van der Waals surface area contributed by atoms with Crippen LogP contribution in [0.25, 0.3) is 0 Å². The van der Waals surface area contributed by atoms with Gasteiger partial charge in [0.05, 0.1) is 13.7 Å².